The molecule has 1 amide bonds. The van der Waals surface area contributed by atoms with Gasteiger partial charge in [-0.05, 0) is 48.6 Å². The number of nitrogens with one attached hydrogen (secondary N) is 1. The Hall–Kier alpha value is -2.67. The zero-order chi connectivity index (χ0) is 21.9. The summed E-state index contributed by atoms with van der Waals surface area (Å²) in [4.78, 5) is 13.3. The third kappa shape index (κ3) is 4.90. The highest BCUT2D eigenvalue weighted by Crippen LogP contribution is 2.36. The van der Waals surface area contributed by atoms with Crippen molar-refractivity contribution in [2.24, 2.45) is 11.0 Å². The standard InChI is InChI=1S/C23H29N3O3S/c1-5-17(6-2)23(27)26-22(20-13-8-7-10-16(20)3)15-21(24-26)18-11-9-12-19(14-18)25-30(4,28)29/h7-14,17,22,25H,5-6,15H2,1-4H3/t22-/m0/s1. The van der Waals surface area contributed by atoms with Crippen molar-refractivity contribution in [1.29, 1.82) is 0 Å². The van der Waals surface area contributed by atoms with E-state index in [2.05, 4.69) is 4.72 Å². The van der Waals surface area contributed by atoms with Gasteiger partial charge in [-0.2, -0.15) is 5.10 Å². The van der Waals surface area contributed by atoms with Crippen LogP contribution >= 0.6 is 0 Å². The molecule has 0 spiro atoms. The average Bonchev–Trinajstić information content (AvgIpc) is 3.13. The molecular formula is C23H29N3O3S. The smallest absolute Gasteiger partial charge is 0.246 e. The molecule has 7 heteroatoms. The number of sulfonamides is 1. The van der Waals surface area contributed by atoms with Gasteiger partial charge in [0.2, 0.25) is 15.9 Å². The van der Waals surface area contributed by atoms with Gasteiger partial charge in [0.15, 0.2) is 0 Å². The molecule has 1 atom stereocenters. The Balaban J connectivity index is 2.00. The molecule has 160 valence electrons. The van der Waals surface area contributed by atoms with Gasteiger partial charge in [0.25, 0.3) is 0 Å². The van der Waals surface area contributed by atoms with E-state index >= 15 is 0 Å². The van der Waals surface area contributed by atoms with Gasteiger partial charge in [-0.3, -0.25) is 9.52 Å². The summed E-state index contributed by atoms with van der Waals surface area (Å²) in [6.45, 7) is 6.09. The maximum absolute atomic E-state index is 13.3. The van der Waals surface area contributed by atoms with E-state index in [-0.39, 0.29) is 17.9 Å². The highest BCUT2D eigenvalue weighted by Gasteiger charge is 2.36. The van der Waals surface area contributed by atoms with Crippen LogP contribution in [0.5, 0.6) is 0 Å². The molecule has 1 heterocycles. The van der Waals surface area contributed by atoms with Crippen molar-refractivity contribution in [1.82, 2.24) is 5.01 Å². The van der Waals surface area contributed by atoms with Crippen LogP contribution in [0.2, 0.25) is 0 Å². The molecule has 1 aliphatic heterocycles. The van der Waals surface area contributed by atoms with Gasteiger partial charge >= 0.3 is 0 Å². The van der Waals surface area contributed by atoms with Crippen LogP contribution in [0, 0.1) is 12.8 Å². The first-order valence-electron chi connectivity index (χ1n) is 10.3. The lowest BCUT2D eigenvalue weighted by atomic mass is 9.94. The maximum atomic E-state index is 13.3. The lowest BCUT2D eigenvalue weighted by Gasteiger charge is -2.26. The number of hydrazone groups is 1. The second-order valence-electron chi connectivity index (χ2n) is 7.77. The third-order valence-corrected chi connectivity index (χ3v) is 6.12. The molecule has 0 radical (unpaired) electrons. The molecule has 0 aliphatic carbocycles. The third-order valence-electron chi connectivity index (χ3n) is 5.52. The summed E-state index contributed by atoms with van der Waals surface area (Å²) in [6, 6.07) is 15.1. The van der Waals surface area contributed by atoms with Gasteiger partial charge in [-0.25, -0.2) is 13.4 Å². The molecule has 0 saturated heterocycles. The van der Waals surface area contributed by atoms with Crippen LogP contribution in [0.4, 0.5) is 5.69 Å². The van der Waals surface area contributed by atoms with Crippen LogP contribution in [-0.2, 0) is 14.8 Å². The molecule has 0 bridgehead atoms. The van der Waals surface area contributed by atoms with Crippen molar-refractivity contribution < 1.29 is 13.2 Å². The molecule has 0 unspecified atom stereocenters. The molecule has 1 N–H and O–H groups in total. The Labute approximate surface area is 179 Å². The van der Waals surface area contributed by atoms with Crippen molar-refractivity contribution in [3.05, 3.63) is 65.2 Å². The molecule has 2 aromatic rings. The normalized spacial score (nSPS) is 16.6. The molecule has 0 saturated carbocycles. The summed E-state index contributed by atoms with van der Waals surface area (Å²) < 4.78 is 25.7. The molecule has 0 fully saturated rings. The van der Waals surface area contributed by atoms with E-state index in [1.165, 1.54) is 0 Å². The van der Waals surface area contributed by atoms with Gasteiger partial charge in [0, 0.05) is 18.0 Å². The second-order valence-corrected chi connectivity index (χ2v) is 9.52. The van der Waals surface area contributed by atoms with Crippen molar-refractivity contribution in [3.8, 4) is 0 Å². The number of rotatable bonds is 7. The van der Waals surface area contributed by atoms with Crippen molar-refractivity contribution in [2.75, 3.05) is 11.0 Å². The van der Waals surface area contributed by atoms with E-state index in [0.29, 0.717) is 12.1 Å². The molecule has 30 heavy (non-hydrogen) atoms. The largest absolute Gasteiger partial charge is 0.284 e. The molecule has 0 aromatic heterocycles. The Bertz CT molecular complexity index is 1060. The summed E-state index contributed by atoms with van der Waals surface area (Å²) in [5.74, 6) is -0.0356. The average molecular weight is 428 g/mol. The Morgan fingerprint density at radius 1 is 1.17 bits per heavy atom. The lowest BCUT2D eigenvalue weighted by molar-refractivity contribution is -0.137. The number of amides is 1. The molecule has 2 aromatic carbocycles. The summed E-state index contributed by atoms with van der Waals surface area (Å²) in [5.41, 5.74) is 4.27. The number of carbonyl (C=O) groups is 1. The van der Waals surface area contributed by atoms with E-state index < -0.39 is 10.0 Å². The van der Waals surface area contributed by atoms with Crippen molar-refractivity contribution in [3.63, 3.8) is 0 Å². The number of carbonyl (C=O) groups excluding carboxylic acids is 1. The molecular weight excluding hydrogens is 398 g/mol. The minimum absolute atomic E-state index is 0.0358. The summed E-state index contributed by atoms with van der Waals surface area (Å²) in [7, 11) is -3.37. The first-order valence-corrected chi connectivity index (χ1v) is 12.2. The SMILES string of the molecule is CCC(CC)C(=O)N1N=C(c2cccc(NS(C)(=O)=O)c2)C[C@H]1c1ccccc1C. The Morgan fingerprint density at radius 3 is 2.50 bits per heavy atom. The van der Waals surface area contributed by atoms with Gasteiger partial charge in [-0.1, -0.05) is 50.2 Å². The quantitative estimate of drug-likeness (QED) is 0.707. The van der Waals surface area contributed by atoms with Crippen LogP contribution < -0.4 is 4.72 Å². The number of hydrogen-bond donors (Lipinski definition) is 1. The fourth-order valence-electron chi connectivity index (χ4n) is 3.89. The van der Waals surface area contributed by atoms with Crippen LogP contribution in [0.1, 0.15) is 55.8 Å². The monoisotopic (exact) mass is 427 g/mol. The van der Waals surface area contributed by atoms with Gasteiger partial charge in [-0.15, -0.1) is 0 Å². The zero-order valence-corrected chi connectivity index (χ0v) is 18.7. The summed E-state index contributed by atoms with van der Waals surface area (Å²) >= 11 is 0. The number of benzene rings is 2. The Morgan fingerprint density at radius 2 is 1.87 bits per heavy atom. The highest BCUT2D eigenvalue weighted by atomic mass is 32.2. The lowest BCUT2D eigenvalue weighted by Crippen LogP contribution is -2.32. The summed E-state index contributed by atoms with van der Waals surface area (Å²) in [5, 5.41) is 6.38. The van der Waals surface area contributed by atoms with Gasteiger partial charge in [0.05, 0.1) is 18.0 Å². The number of nitrogens with zero attached hydrogens (tertiary/aromatic N) is 2. The van der Waals surface area contributed by atoms with Crippen LogP contribution in [0.15, 0.2) is 53.6 Å². The number of anilines is 1. The van der Waals surface area contributed by atoms with E-state index in [1.54, 1.807) is 23.2 Å². The fourth-order valence-corrected chi connectivity index (χ4v) is 4.45. The molecule has 1 aliphatic rings. The highest BCUT2D eigenvalue weighted by molar-refractivity contribution is 7.92. The second kappa shape index (κ2) is 9.00. The topological polar surface area (TPSA) is 78.8 Å². The first kappa shape index (κ1) is 22.0. The minimum Gasteiger partial charge on any atom is -0.284 e. The van der Waals surface area contributed by atoms with Crippen LogP contribution in [0.25, 0.3) is 0 Å². The van der Waals surface area contributed by atoms with Crippen molar-refractivity contribution >= 4 is 27.3 Å². The minimum atomic E-state index is -3.37. The van der Waals surface area contributed by atoms with Crippen LogP contribution in [-0.4, -0.2) is 31.3 Å². The summed E-state index contributed by atoms with van der Waals surface area (Å²) in [6.07, 6.45) is 3.24. The zero-order valence-electron chi connectivity index (χ0n) is 17.9. The van der Waals surface area contributed by atoms with Gasteiger partial charge < -0.3 is 0 Å². The fraction of sp³-hybridized carbons (Fsp3) is 0.391. The molecule has 6 nitrogen and oxygen atoms in total. The van der Waals surface area contributed by atoms with E-state index in [1.807, 2.05) is 51.1 Å². The first-order chi connectivity index (χ1) is 14.2. The maximum Gasteiger partial charge on any atom is 0.246 e. The predicted molar refractivity (Wildman–Crippen MR) is 121 cm³/mol. The van der Waals surface area contributed by atoms with E-state index in [9.17, 15) is 13.2 Å². The number of hydrogen-bond acceptors (Lipinski definition) is 4. The van der Waals surface area contributed by atoms with Crippen molar-refractivity contribution in [2.45, 2.75) is 46.1 Å². The predicted octanol–water partition coefficient (Wildman–Crippen LogP) is 4.48. The van der Waals surface area contributed by atoms with E-state index in [0.717, 1.165) is 41.5 Å². The van der Waals surface area contributed by atoms with Crippen LogP contribution in [0.3, 0.4) is 0 Å². The molecule has 3 rings (SSSR count). The van der Waals surface area contributed by atoms with E-state index in [4.69, 9.17) is 5.10 Å². The number of aryl methyl sites for hydroxylation is 1. The van der Waals surface area contributed by atoms with Gasteiger partial charge in [0.1, 0.15) is 0 Å². The Kier molecular flexibility index (Phi) is 6.61.